The zero-order valence-electron chi connectivity index (χ0n) is 15.5. The second-order valence-electron chi connectivity index (χ2n) is 7.79. The predicted octanol–water partition coefficient (Wildman–Crippen LogP) is 3.89. The molecule has 1 saturated carbocycles. The number of aliphatic imine (C=N–C) groups is 1. The Morgan fingerprint density at radius 2 is 2.11 bits per heavy atom. The highest BCUT2D eigenvalue weighted by atomic mass is 32.2. The van der Waals surface area contributed by atoms with Crippen LogP contribution in [0.15, 0.2) is 52.9 Å². The van der Waals surface area contributed by atoms with E-state index in [1.165, 1.54) is 19.1 Å². The maximum Gasteiger partial charge on any atom is 0.185 e. The lowest BCUT2D eigenvalue weighted by atomic mass is 9.97. The van der Waals surface area contributed by atoms with Gasteiger partial charge in [-0.2, -0.15) is 0 Å². The van der Waals surface area contributed by atoms with Crippen molar-refractivity contribution in [3.05, 3.63) is 48.5 Å². The Kier molecular flexibility index (Phi) is 4.27. The Hall–Kier alpha value is -2.54. The van der Waals surface area contributed by atoms with Crippen molar-refractivity contribution in [2.24, 2.45) is 10.9 Å². The molecule has 0 spiro atoms. The van der Waals surface area contributed by atoms with Crippen LogP contribution in [0.25, 0.3) is 11.0 Å². The molecule has 3 heterocycles. The van der Waals surface area contributed by atoms with Crippen molar-refractivity contribution in [1.29, 1.82) is 0 Å². The highest BCUT2D eigenvalue weighted by Crippen LogP contribution is 2.39. The molecule has 7 heteroatoms. The Bertz CT molecular complexity index is 1170. The molecule has 2 unspecified atom stereocenters. The summed E-state index contributed by atoms with van der Waals surface area (Å²) in [4.78, 5) is 13.2. The number of fused-ring (bicyclic) bond motifs is 2. The first kappa shape index (κ1) is 17.6. The summed E-state index contributed by atoms with van der Waals surface area (Å²) in [5.41, 5.74) is 2.77. The molecule has 1 aromatic carbocycles. The van der Waals surface area contributed by atoms with Gasteiger partial charge >= 0.3 is 0 Å². The number of benzene rings is 1. The summed E-state index contributed by atoms with van der Waals surface area (Å²) in [6, 6.07) is 8.19. The maximum absolute atomic E-state index is 12.1. The first-order valence-corrected chi connectivity index (χ1v) is 11.4. The lowest BCUT2D eigenvalue weighted by Crippen LogP contribution is -2.11. The molecule has 0 radical (unpaired) electrons. The third kappa shape index (κ3) is 3.13. The van der Waals surface area contributed by atoms with Crippen LogP contribution in [0.3, 0.4) is 0 Å². The molecule has 28 heavy (non-hydrogen) atoms. The van der Waals surface area contributed by atoms with E-state index in [1.807, 2.05) is 18.3 Å². The molecule has 1 aliphatic heterocycles. The molecule has 5 rings (SSSR count). The van der Waals surface area contributed by atoms with Gasteiger partial charge in [0.15, 0.2) is 9.84 Å². The van der Waals surface area contributed by atoms with Gasteiger partial charge in [0, 0.05) is 30.0 Å². The summed E-state index contributed by atoms with van der Waals surface area (Å²) in [5.74, 6) is 0.675. The minimum absolute atomic E-state index is 0.00179. The molecule has 6 nitrogen and oxygen atoms in total. The average molecular weight is 395 g/mol. The molecule has 3 aromatic rings. The largest absolute Gasteiger partial charge is 0.329 e. The average Bonchev–Trinajstić information content (AvgIpc) is 3.32. The molecule has 0 amide bonds. The van der Waals surface area contributed by atoms with E-state index < -0.39 is 9.84 Å². The highest BCUT2D eigenvalue weighted by Gasteiger charge is 2.27. The van der Waals surface area contributed by atoms with Gasteiger partial charge < -0.3 is 4.57 Å². The summed E-state index contributed by atoms with van der Waals surface area (Å²) < 4.78 is 26.5. The highest BCUT2D eigenvalue weighted by molar-refractivity contribution is 7.92. The van der Waals surface area contributed by atoms with Gasteiger partial charge in [0.1, 0.15) is 12.0 Å². The van der Waals surface area contributed by atoms with E-state index in [2.05, 4.69) is 31.8 Å². The van der Waals surface area contributed by atoms with E-state index in [1.54, 1.807) is 12.4 Å². The van der Waals surface area contributed by atoms with E-state index in [4.69, 9.17) is 0 Å². The van der Waals surface area contributed by atoms with Gasteiger partial charge in [-0.05, 0) is 61.8 Å². The van der Waals surface area contributed by atoms with Crippen LogP contribution in [0, 0.1) is 5.92 Å². The lowest BCUT2D eigenvalue weighted by molar-refractivity contribution is 0.461. The fourth-order valence-corrected chi connectivity index (χ4v) is 5.69. The molecular formula is C21H22N4O2S. The second kappa shape index (κ2) is 6.81. The van der Waals surface area contributed by atoms with Crippen LogP contribution in [0.5, 0.6) is 0 Å². The Morgan fingerprint density at radius 3 is 3.04 bits per heavy atom. The molecule has 0 bridgehead atoms. The van der Waals surface area contributed by atoms with Crippen molar-refractivity contribution in [3.63, 3.8) is 0 Å². The molecule has 0 N–H and O–H groups in total. The summed E-state index contributed by atoms with van der Waals surface area (Å²) in [6.07, 6.45) is 12.7. The number of sulfone groups is 1. The number of nitrogens with zero attached hydrogens (tertiary/aromatic N) is 4. The first-order valence-electron chi connectivity index (χ1n) is 9.75. The summed E-state index contributed by atoms with van der Waals surface area (Å²) >= 11 is 0. The molecule has 1 aliphatic carbocycles. The van der Waals surface area contributed by atoms with Crippen LogP contribution in [0.4, 0.5) is 5.69 Å². The molecule has 2 atom stereocenters. The third-order valence-electron chi connectivity index (χ3n) is 6.01. The van der Waals surface area contributed by atoms with Crippen molar-refractivity contribution >= 4 is 32.8 Å². The molecule has 0 saturated heterocycles. The minimum atomic E-state index is -3.20. The summed E-state index contributed by atoms with van der Waals surface area (Å²) in [5, 5.41) is 1.09. The zero-order valence-corrected chi connectivity index (χ0v) is 16.3. The molecule has 1 fully saturated rings. The lowest BCUT2D eigenvalue weighted by Gasteiger charge is -2.15. The van der Waals surface area contributed by atoms with Crippen molar-refractivity contribution in [2.75, 3.05) is 5.75 Å². The van der Waals surface area contributed by atoms with Gasteiger partial charge in [-0.1, -0.05) is 6.07 Å². The van der Waals surface area contributed by atoms with Crippen molar-refractivity contribution in [3.8, 4) is 0 Å². The second-order valence-corrected chi connectivity index (χ2v) is 9.79. The van der Waals surface area contributed by atoms with Crippen LogP contribution >= 0.6 is 0 Å². The van der Waals surface area contributed by atoms with Gasteiger partial charge in [-0.15, -0.1) is 0 Å². The van der Waals surface area contributed by atoms with Crippen LogP contribution < -0.4 is 0 Å². The maximum atomic E-state index is 12.1. The monoisotopic (exact) mass is 394 g/mol. The third-order valence-corrected chi connectivity index (χ3v) is 7.61. The molecular weight excluding hydrogens is 372 g/mol. The normalized spacial score (nSPS) is 23.1. The Labute approximate surface area is 164 Å². The van der Waals surface area contributed by atoms with Crippen molar-refractivity contribution in [2.45, 2.75) is 43.0 Å². The van der Waals surface area contributed by atoms with Crippen LogP contribution in [0.2, 0.25) is 0 Å². The topological polar surface area (TPSA) is 77.2 Å². The number of aryl methyl sites for hydroxylation is 1. The van der Waals surface area contributed by atoms with E-state index in [0.29, 0.717) is 22.5 Å². The van der Waals surface area contributed by atoms with Gasteiger partial charge in [-0.3, -0.25) is 4.99 Å². The molecule has 2 aromatic heterocycles. The number of hydrogen-bond donors (Lipinski definition) is 0. The number of aromatic nitrogens is 3. The molecule has 2 aliphatic rings. The van der Waals surface area contributed by atoms with E-state index >= 15 is 0 Å². The van der Waals surface area contributed by atoms with Gasteiger partial charge in [0.2, 0.25) is 0 Å². The SMILES string of the molecule is O=S1(=O)CC=Nc2cc(CCC3CCC(n4ccc5cncnc54)C3)ccc21. The van der Waals surface area contributed by atoms with Crippen molar-refractivity contribution < 1.29 is 8.42 Å². The van der Waals surface area contributed by atoms with Crippen LogP contribution in [0.1, 0.15) is 37.3 Å². The summed E-state index contributed by atoms with van der Waals surface area (Å²) in [7, 11) is -3.20. The van der Waals surface area contributed by atoms with E-state index in [0.717, 1.165) is 35.9 Å². The quantitative estimate of drug-likeness (QED) is 0.672. The zero-order chi connectivity index (χ0) is 19.1. The Balaban J connectivity index is 1.26. The number of hydrogen-bond acceptors (Lipinski definition) is 5. The fraction of sp³-hybridized carbons (Fsp3) is 0.381. The standard InChI is InChI=1S/C21H22N4O2S/c26-28(27)10-8-23-19-12-16(4-6-20(19)28)2-1-15-3-5-18(11-15)25-9-7-17-13-22-14-24-21(17)25/h4,6-9,12-15,18H,1-3,5,10-11H2. The molecule has 144 valence electrons. The van der Waals surface area contributed by atoms with Crippen LogP contribution in [-0.4, -0.2) is 34.9 Å². The van der Waals surface area contributed by atoms with Gasteiger partial charge in [-0.25, -0.2) is 18.4 Å². The van der Waals surface area contributed by atoms with E-state index in [9.17, 15) is 8.42 Å². The van der Waals surface area contributed by atoms with Gasteiger partial charge in [0.25, 0.3) is 0 Å². The summed E-state index contributed by atoms with van der Waals surface area (Å²) in [6.45, 7) is 0. The first-order chi connectivity index (χ1) is 13.6. The van der Waals surface area contributed by atoms with Crippen molar-refractivity contribution in [1.82, 2.24) is 14.5 Å². The van der Waals surface area contributed by atoms with E-state index in [-0.39, 0.29) is 5.75 Å². The smallest absolute Gasteiger partial charge is 0.185 e. The Morgan fingerprint density at radius 1 is 1.18 bits per heavy atom. The number of rotatable bonds is 4. The minimum Gasteiger partial charge on any atom is -0.329 e. The van der Waals surface area contributed by atoms with Crippen LogP contribution in [-0.2, 0) is 16.3 Å². The predicted molar refractivity (Wildman–Crippen MR) is 109 cm³/mol. The van der Waals surface area contributed by atoms with Gasteiger partial charge in [0.05, 0.1) is 16.3 Å². The fourth-order valence-electron chi connectivity index (χ4n) is 4.53.